The highest BCUT2D eigenvalue weighted by Crippen LogP contribution is 2.36. The summed E-state index contributed by atoms with van der Waals surface area (Å²) in [6.07, 6.45) is -9.38. The van der Waals surface area contributed by atoms with Crippen LogP contribution in [-0.4, -0.2) is 20.6 Å². The molecule has 0 unspecified atom stereocenters. The molecule has 2 N–H and O–H groups in total. The summed E-state index contributed by atoms with van der Waals surface area (Å²) in [5.41, 5.74) is -4.44. The summed E-state index contributed by atoms with van der Waals surface area (Å²) in [5, 5.41) is 2.11. The summed E-state index contributed by atoms with van der Waals surface area (Å²) in [4.78, 5) is 12.3. The lowest BCUT2D eigenvalue weighted by Gasteiger charge is -2.15. The average molecular weight is 426 g/mol. The molecule has 12 heteroatoms. The van der Waals surface area contributed by atoms with E-state index in [-0.39, 0.29) is 29.6 Å². The van der Waals surface area contributed by atoms with Crippen LogP contribution < -0.4 is 10.0 Å². The molecule has 0 aliphatic rings. The first kappa shape index (κ1) is 21.5. The molecule has 0 saturated heterocycles. The quantitative estimate of drug-likeness (QED) is 0.714. The summed E-state index contributed by atoms with van der Waals surface area (Å²) < 4.78 is 102. The minimum absolute atomic E-state index is 0.101. The van der Waals surface area contributed by atoms with E-state index in [4.69, 9.17) is 0 Å². The third-order valence-corrected chi connectivity index (χ3v) is 3.91. The van der Waals surface area contributed by atoms with Gasteiger partial charge in [-0.2, -0.15) is 26.3 Å². The third-order valence-electron chi connectivity index (χ3n) is 3.32. The third kappa shape index (κ3) is 5.62. The maximum atomic E-state index is 12.9. The molecule has 2 rings (SSSR count). The van der Waals surface area contributed by atoms with Crippen LogP contribution in [0.25, 0.3) is 0 Å². The van der Waals surface area contributed by atoms with Gasteiger partial charge < -0.3 is 5.32 Å². The molecule has 0 saturated carbocycles. The van der Waals surface area contributed by atoms with E-state index in [0.717, 1.165) is 6.26 Å². The molecule has 1 amide bonds. The molecule has 0 aliphatic carbocycles. The van der Waals surface area contributed by atoms with Gasteiger partial charge >= 0.3 is 12.4 Å². The number of amides is 1. The Morgan fingerprint density at radius 2 is 1.32 bits per heavy atom. The number of sulfonamides is 1. The van der Waals surface area contributed by atoms with Gasteiger partial charge in [-0.25, -0.2) is 8.42 Å². The zero-order chi connectivity index (χ0) is 21.3. The number of alkyl halides is 6. The highest BCUT2D eigenvalue weighted by Gasteiger charge is 2.37. The molecule has 152 valence electrons. The zero-order valence-electron chi connectivity index (χ0n) is 13.9. The van der Waals surface area contributed by atoms with E-state index in [2.05, 4.69) is 10.0 Å². The van der Waals surface area contributed by atoms with E-state index < -0.39 is 45.0 Å². The molecule has 0 heterocycles. The molecular formula is C16H12F6N2O3S. The van der Waals surface area contributed by atoms with Gasteiger partial charge in [0.1, 0.15) is 0 Å². The fourth-order valence-electron chi connectivity index (χ4n) is 2.16. The number of anilines is 2. The molecule has 0 atom stereocenters. The Morgan fingerprint density at radius 1 is 0.857 bits per heavy atom. The molecule has 0 fully saturated rings. The van der Waals surface area contributed by atoms with Gasteiger partial charge in [0.25, 0.3) is 5.91 Å². The molecule has 2 aromatic rings. The zero-order valence-corrected chi connectivity index (χ0v) is 14.8. The molecule has 0 aromatic heterocycles. The van der Waals surface area contributed by atoms with Crippen LogP contribution in [0.15, 0.2) is 42.5 Å². The highest BCUT2D eigenvalue weighted by atomic mass is 32.2. The fourth-order valence-corrected chi connectivity index (χ4v) is 2.74. The number of hydrogen-bond acceptors (Lipinski definition) is 3. The number of halogens is 6. The van der Waals surface area contributed by atoms with Crippen molar-refractivity contribution >= 4 is 27.3 Å². The lowest BCUT2D eigenvalue weighted by molar-refractivity contribution is -0.143. The number of hydrogen-bond donors (Lipinski definition) is 2. The minimum Gasteiger partial charge on any atom is -0.320 e. The Hall–Kier alpha value is -2.76. The maximum absolute atomic E-state index is 12.9. The van der Waals surface area contributed by atoms with E-state index in [9.17, 15) is 39.6 Å². The SMILES string of the molecule is CS(=O)(=O)Nc1ccccc1NC(=O)c1cc(C(F)(F)F)cc(C(F)(F)F)c1. The molecule has 0 spiro atoms. The van der Waals surface area contributed by atoms with Crippen LogP contribution in [0.4, 0.5) is 37.7 Å². The van der Waals surface area contributed by atoms with Gasteiger partial charge in [-0.15, -0.1) is 0 Å². The molecule has 0 aliphatic heterocycles. The smallest absolute Gasteiger partial charge is 0.320 e. The van der Waals surface area contributed by atoms with Crippen molar-refractivity contribution < 1.29 is 39.6 Å². The van der Waals surface area contributed by atoms with E-state index in [0.29, 0.717) is 0 Å². The van der Waals surface area contributed by atoms with Crippen molar-refractivity contribution in [2.45, 2.75) is 12.4 Å². The predicted molar refractivity (Wildman–Crippen MR) is 89.3 cm³/mol. The molecule has 0 bridgehead atoms. The van der Waals surface area contributed by atoms with Crippen molar-refractivity contribution in [3.63, 3.8) is 0 Å². The monoisotopic (exact) mass is 426 g/mol. The second-order valence-electron chi connectivity index (χ2n) is 5.67. The van der Waals surface area contributed by atoms with Gasteiger partial charge in [0, 0.05) is 5.56 Å². The number of carbonyl (C=O) groups excluding carboxylic acids is 1. The van der Waals surface area contributed by atoms with Gasteiger partial charge in [-0.05, 0) is 30.3 Å². The van der Waals surface area contributed by atoms with Gasteiger partial charge in [0.15, 0.2) is 0 Å². The Bertz CT molecular complexity index is 968. The first-order valence-electron chi connectivity index (χ1n) is 7.34. The average Bonchev–Trinajstić information content (AvgIpc) is 2.53. The predicted octanol–water partition coefficient (Wildman–Crippen LogP) is 4.35. The molecule has 0 radical (unpaired) electrons. The fraction of sp³-hybridized carbons (Fsp3) is 0.188. The van der Waals surface area contributed by atoms with Gasteiger partial charge in [0.2, 0.25) is 10.0 Å². The second kappa shape index (κ2) is 7.34. The lowest BCUT2D eigenvalue weighted by Crippen LogP contribution is -2.18. The summed E-state index contributed by atoms with van der Waals surface area (Å²) in [6.45, 7) is 0. The van der Waals surface area contributed by atoms with Crippen LogP contribution in [0.5, 0.6) is 0 Å². The first-order valence-corrected chi connectivity index (χ1v) is 9.23. The minimum atomic E-state index is -5.11. The van der Waals surface area contributed by atoms with Crippen molar-refractivity contribution in [1.82, 2.24) is 0 Å². The van der Waals surface area contributed by atoms with Crippen LogP contribution in [-0.2, 0) is 22.4 Å². The van der Waals surface area contributed by atoms with Crippen molar-refractivity contribution in [3.8, 4) is 0 Å². The first-order chi connectivity index (χ1) is 12.7. The van der Waals surface area contributed by atoms with E-state index in [1.54, 1.807) is 0 Å². The topological polar surface area (TPSA) is 75.3 Å². The molecule has 28 heavy (non-hydrogen) atoms. The number of carbonyl (C=O) groups is 1. The lowest BCUT2D eigenvalue weighted by atomic mass is 10.0. The van der Waals surface area contributed by atoms with Gasteiger partial charge in [-0.1, -0.05) is 12.1 Å². The summed E-state index contributed by atoms with van der Waals surface area (Å²) >= 11 is 0. The van der Waals surface area contributed by atoms with Crippen LogP contribution in [0.1, 0.15) is 21.5 Å². The van der Waals surface area contributed by atoms with Crippen molar-refractivity contribution in [2.24, 2.45) is 0 Å². The largest absolute Gasteiger partial charge is 0.416 e. The van der Waals surface area contributed by atoms with Crippen molar-refractivity contribution in [3.05, 3.63) is 59.2 Å². The van der Waals surface area contributed by atoms with Crippen LogP contribution >= 0.6 is 0 Å². The normalized spacial score (nSPS) is 12.5. The molecule has 2 aromatic carbocycles. The van der Waals surface area contributed by atoms with Crippen LogP contribution in [0.2, 0.25) is 0 Å². The van der Waals surface area contributed by atoms with Gasteiger partial charge in [0.05, 0.1) is 28.8 Å². The van der Waals surface area contributed by atoms with Gasteiger partial charge in [-0.3, -0.25) is 9.52 Å². The summed E-state index contributed by atoms with van der Waals surface area (Å²) in [6, 6.07) is 5.73. The Labute approximate surface area is 155 Å². The molecular weight excluding hydrogens is 414 g/mol. The number of rotatable bonds is 4. The number of nitrogens with one attached hydrogen (secondary N) is 2. The molecule has 5 nitrogen and oxygen atoms in total. The summed E-state index contributed by atoms with van der Waals surface area (Å²) in [7, 11) is -3.75. The van der Waals surface area contributed by atoms with Crippen molar-refractivity contribution in [1.29, 1.82) is 0 Å². The van der Waals surface area contributed by atoms with E-state index in [1.807, 2.05) is 0 Å². The Morgan fingerprint density at radius 3 is 1.75 bits per heavy atom. The van der Waals surface area contributed by atoms with E-state index >= 15 is 0 Å². The highest BCUT2D eigenvalue weighted by molar-refractivity contribution is 7.92. The Kier molecular flexibility index (Phi) is 5.64. The van der Waals surface area contributed by atoms with Crippen LogP contribution in [0, 0.1) is 0 Å². The second-order valence-corrected chi connectivity index (χ2v) is 7.42. The summed E-state index contributed by atoms with van der Waals surface area (Å²) in [5.74, 6) is -1.28. The standard InChI is InChI=1S/C16H12F6N2O3S/c1-28(26,27)24-13-5-3-2-4-12(13)23-14(25)9-6-10(15(17,18)19)8-11(7-9)16(20,21)22/h2-8,24H,1H3,(H,23,25). The van der Waals surface area contributed by atoms with E-state index in [1.165, 1.54) is 24.3 Å². The Balaban J connectivity index is 2.45. The number of benzene rings is 2. The maximum Gasteiger partial charge on any atom is 0.416 e. The van der Waals surface area contributed by atoms with Crippen LogP contribution in [0.3, 0.4) is 0 Å². The van der Waals surface area contributed by atoms with Crippen molar-refractivity contribution in [2.75, 3.05) is 16.3 Å². The number of para-hydroxylation sites is 2.